The Morgan fingerprint density at radius 2 is 1.69 bits per heavy atom. The number of aromatic nitrogens is 2. The summed E-state index contributed by atoms with van der Waals surface area (Å²) in [6.45, 7) is 2.10. The van der Waals surface area contributed by atoms with Gasteiger partial charge in [-0.3, -0.25) is 10.2 Å². The van der Waals surface area contributed by atoms with Crippen LogP contribution in [0.1, 0.15) is 30.0 Å². The molecule has 2 N–H and O–H groups in total. The predicted molar refractivity (Wildman–Crippen MR) is 141 cm³/mol. The number of fused-ring (bicyclic) bond motifs is 2. The van der Waals surface area contributed by atoms with Gasteiger partial charge in [0.15, 0.2) is 0 Å². The molecule has 1 fully saturated rings. The molecule has 36 heavy (non-hydrogen) atoms. The summed E-state index contributed by atoms with van der Waals surface area (Å²) in [7, 11) is 0. The van der Waals surface area contributed by atoms with Crippen LogP contribution in [-0.4, -0.2) is 32.1 Å². The van der Waals surface area contributed by atoms with Gasteiger partial charge in [0, 0.05) is 23.1 Å². The molecule has 0 spiro atoms. The van der Waals surface area contributed by atoms with Gasteiger partial charge in [0.25, 0.3) is 0 Å². The van der Waals surface area contributed by atoms with Crippen LogP contribution in [0, 0.1) is 0 Å². The first-order valence-corrected chi connectivity index (χ1v) is 13.1. The number of benzene rings is 3. The quantitative estimate of drug-likeness (QED) is 0.367. The Kier molecular flexibility index (Phi) is 5.82. The molecule has 3 heterocycles. The summed E-state index contributed by atoms with van der Waals surface area (Å²) in [5.41, 5.74) is 6.33. The number of anilines is 2. The van der Waals surface area contributed by atoms with Crippen LogP contribution in [-0.2, 0) is 11.3 Å². The lowest BCUT2D eigenvalue weighted by Crippen LogP contribution is -2.38. The molecule has 10 heteroatoms. The Morgan fingerprint density at radius 1 is 1.03 bits per heavy atom. The number of rotatable bonds is 4. The molecule has 0 bridgehead atoms. The van der Waals surface area contributed by atoms with E-state index in [0.29, 0.717) is 23.9 Å². The van der Waals surface area contributed by atoms with E-state index in [0.717, 1.165) is 21.9 Å². The van der Waals surface area contributed by atoms with Crippen molar-refractivity contribution in [2.45, 2.75) is 35.7 Å². The number of nitrogens with one attached hydrogen (secondary N) is 1. The lowest BCUT2D eigenvalue weighted by Gasteiger charge is -2.31. The molecule has 180 valence electrons. The minimum Gasteiger partial charge on any atom is -0.508 e. The third kappa shape index (κ3) is 4.29. The molecule has 2 aliphatic rings. The fourth-order valence-electron chi connectivity index (χ4n) is 4.43. The summed E-state index contributed by atoms with van der Waals surface area (Å²) >= 11 is 3.21. The number of hydrogen-bond acceptors (Lipinski definition) is 8. The number of aliphatic imine (C=N–C) groups is 1. The van der Waals surface area contributed by atoms with E-state index in [1.807, 2.05) is 12.1 Å². The van der Waals surface area contributed by atoms with E-state index in [2.05, 4.69) is 74.0 Å². The van der Waals surface area contributed by atoms with E-state index in [1.54, 1.807) is 28.9 Å². The Bertz CT molecular complexity index is 1420. The van der Waals surface area contributed by atoms with Gasteiger partial charge in [0.05, 0.1) is 24.0 Å². The van der Waals surface area contributed by atoms with Crippen molar-refractivity contribution in [2.75, 3.05) is 4.90 Å². The maximum atomic E-state index is 12.2. The van der Waals surface area contributed by atoms with Crippen LogP contribution in [0.5, 0.6) is 5.75 Å². The molecule has 8 nitrogen and oxygen atoms in total. The zero-order valence-corrected chi connectivity index (χ0v) is 21.0. The highest BCUT2D eigenvalue weighted by molar-refractivity contribution is 7.99. The maximum absolute atomic E-state index is 12.2. The molecular weight excluding hydrogens is 492 g/mol. The highest BCUT2D eigenvalue weighted by Crippen LogP contribution is 2.48. The van der Waals surface area contributed by atoms with Gasteiger partial charge in [-0.15, -0.1) is 10.2 Å². The van der Waals surface area contributed by atoms with Crippen molar-refractivity contribution >= 4 is 51.3 Å². The number of aromatic hydroxyl groups is 1. The van der Waals surface area contributed by atoms with E-state index in [4.69, 9.17) is 0 Å². The van der Waals surface area contributed by atoms with Crippen molar-refractivity contribution in [2.24, 2.45) is 4.99 Å². The number of para-hydroxylation sites is 2. The van der Waals surface area contributed by atoms with Crippen LogP contribution in [0.15, 0.2) is 87.6 Å². The monoisotopic (exact) mass is 514 g/mol. The van der Waals surface area contributed by atoms with Gasteiger partial charge in [0.1, 0.15) is 16.6 Å². The van der Waals surface area contributed by atoms with Crippen LogP contribution in [0.25, 0.3) is 0 Å². The highest BCUT2D eigenvalue weighted by atomic mass is 32.2. The van der Waals surface area contributed by atoms with Crippen molar-refractivity contribution in [3.63, 3.8) is 0 Å². The molecule has 0 radical (unpaired) electrons. The van der Waals surface area contributed by atoms with Crippen LogP contribution in [0.2, 0.25) is 0 Å². The topological polar surface area (TPSA) is 94.0 Å². The Hall–Kier alpha value is -3.89. The SMILES string of the molecule is CC(=O)N1N/C(=N/c2nnc(CN3c4ccccc4Sc4ccccc43)s2)CC1c1ccc(O)cc1. The molecule has 6 rings (SSSR count). The zero-order chi connectivity index (χ0) is 24.6. The zero-order valence-electron chi connectivity index (χ0n) is 19.3. The van der Waals surface area contributed by atoms with Crippen molar-refractivity contribution in [1.29, 1.82) is 0 Å². The Morgan fingerprint density at radius 3 is 2.36 bits per heavy atom. The van der Waals surface area contributed by atoms with E-state index < -0.39 is 0 Å². The van der Waals surface area contributed by atoms with Gasteiger partial charge in [0.2, 0.25) is 11.0 Å². The summed E-state index contributed by atoms with van der Waals surface area (Å²) in [5, 5.41) is 21.3. The second-order valence-electron chi connectivity index (χ2n) is 8.47. The molecular formula is C26H22N6O2S2. The summed E-state index contributed by atoms with van der Waals surface area (Å²) in [6, 6.07) is 23.4. The summed E-state index contributed by atoms with van der Waals surface area (Å²) in [4.78, 5) is 21.6. The minimum absolute atomic E-state index is 0.114. The summed E-state index contributed by atoms with van der Waals surface area (Å²) in [5.74, 6) is 0.722. The Balaban J connectivity index is 1.25. The molecule has 1 amide bonds. The molecule has 3 aromatic carbocycles. The number of hydrogen-bond donors (Lipinski definition) is 2. The number of hydrazine groups is 1. The maximum Gasteiger partial charge on any atom is 0.238 e. The van der Waals surface area contributed by atoms with Crippen molar-refractivity contribution in [1.82, 2.24) is 20.6 Å². The van der Waals surface area contributed by atoms with Gasteiger partial charge in [-0.1, -0.05) is 59.5 Å². The van der Waals surface area contributed by atoms with Gasteiger partial charge in [-0.05, 0) is 42.0 Å². The molecule has 0 aliphatic carbocycles. The van der Waals surface area contributed by atoms with Gasteiger partial charge < -0.3 is 10.0 Å². The van der Waals surface area contributed by atoms with Crippen LogP contribution in [0.3, 0.4) is 0 Å². The fraction of sp³-hybridized carbons (Fsp3) is 0.154. The van der Waals surface area contributed by atoms with Crippen LogP contribution < -0.4 is 10.3 Å². The number of amides is 1. The van der Waals surface area contributed by atoms with Crippen molar-refractivity contribution in [3.05, 3.63) is 83.4 Å². The van der Waals surface area contributed by atoms with E-state index in [9.17, 15) is 9.90 Å². The van der Waals surface area contributed by atoms with Gasteiger partial charge >= 0.3 is 0 Å². The number of carbonyl (C=O) groups is 1. The molecule has 1 atom stereocenters. The molecule has 0 saturated carbocycles. The average Bonchev–Trinajstić information content (AvgIpc) is 3.51. The van der Waals surface area contributed by atoms with Crippen LogP contribution in [0.4, 0.5) is 16.5 Å². The van der Waals surface area contributed by atoms with E-state index in [1.165, 1.54) is 28.1 Å². The van der Waals surface area contributed by atoms with E-state index in [-0.39, 0.29) is 17.7 Å². The lowest BCUT2D eigenvalue weighted by molar-refractivity contribution is -0.132. The van der Waals surface area contributed by atoms with Gasteiger partial charge in [-0.25, -0.2) is 10.0 Å². The average molecular weight is 515 g/mol. The molecule has 1 saturated heterocycles. The second kappa shape index (κ2) is 9.29. The first-order valence-electron chi connectivity index (χ1n) is 11.4. The number of nitrogens with zero attached hydrogens (tertiary/aromatic N) is 5. The lowest BCUT2D eigenvalue weighted by atomic mass is 10.0. The van der Waals surface area contributed by atoms with E-state index >= 15 is 0 Å². The fourth-order valence-corrected chi connectivity index (χ4v) is 6.24. The number of phenolic OH excluding ortho intramolecular Hbond substituents is 1. The predicted octanol–water partition coefficient (Wildman–Crippen LogP) is 5.57. The normalized spacial score (nSPS) is 17.6. The smallest absolute Gasteiger partial charge is 0.238 e. The largest absolute Gasteiger partial charge is 0.508 e. The third-order valence-electron chi connectivity index (χ3n) is 6.08. The first-order chi connectivity index (χ1) is 17.5. The molecule has 1 unspecified atom stereocenters. The molecule has 4 aromatic rings. The number of amidine groups is 1. The Labute approximate surface area is 216 Å². The first kappa shape index (κ1) is 22.6. The summed E-state index contributed by atoms with van der Waals surface area (Å²) < 4.78 is 0. The third-order valence-corrected chi connectivity index (χ3v) is 8.01. The standard InChI is InChI=1S/C26H22N6O2S2/c1-16(33)32-21(17-10-12-18(34)13-11-17)14-24(30-32)27-26-29-28-25(36-26)15-31-19-6-2-4-8-22(19)35-23-9-5-3-7-20(23)31/h2-13,21,34H,14-15H2,1H3,(H,27,29,30). The number of carbonyl (C=O) groups excluding carboxylic acids is 1. The number of phenols is 1. The second-order valence-corrected chi connectivity index (χ2v) is 10.6. The highest BCUT2D eigenvalue weighted by Gasteiger charge is 2.32. The minimum atomic E-state index is -0.215. The van der Waals surface area contributed by atoms with Gasteiger partial charge in [-0.2, -0.15) is 0 Å². The van der Waals surface area contributed by atoms with Crippen molar-refractivity contribution < 1.29 is 9.90 Å². The molecule has 1 aromatic heterocycles. The van der Waals surface area contributed by atoms with Crippen LogP contribution >= 0.6 is 23.1 Å². The van der Waals surface area contributed by atoms with Crippen molar-refractivity contribution in [3.8, 4) is 5.75 Å². The molecule has 2 aliphatic heterocycles. The summed E-state index contributed by atoms with van der Waals surface area (Å²) in [6.07, 6.45) is 0.517.